The maximum atomic E-state index is 4.69. The average molecular weight is 395 g/mol. The van der Waals surface area contributed by atoms with Crippen LogP contribution in [0.2, 0.25) is 0 Å². The second-order valence-electron chi connectivity index (χ2n) is 8.71. The number of benzene rings is 3. The lowest BCUT2D eigenvalue weighted by atomic mass is 9.92. The number of pyridine rings is 2. The highest BCUT2D eigenvalue weighted by Gasteiger charge is 2.29. The Hall–Kier alpha value is -3.98. The van der Waals surface area contributed by atoms with Crippen LogP contribution in [0, 0.1) is 0 Å². The van der Waals surface area contributed by atoms with Crippen LogP contribution in [-0.2, 0) is 12.8 Å². The van der Waals surface area contributed by atoms with Crippen molar-refractivity contribution < 1.29 is 0 Å². The molecule has 0 radical (unpaired) electrons. The molecule has 8 rings (SSSR count). The predicted molar refractivity (Wildman–Crippen MR) is 124 cm³/mol. The van der Waals surface area contributed by atoms with Crippen molar-refractivity contribution in [2.45, 2.75) is 12.8 Å². The molecule has 0 bridgehead atoms. The van der Waals surface area contributed by atoms with Crippen LogP contribution in [0.5, 0.6) is 0 Å². The third kappa shape index (κ3) is 1.89. The van der Waals surface area contributed by atoms with Gasteiger partial charge in [-0.05, 0) is 80.9 Å². The summed E-state index contributed by atoms with van der Waals surface area (Å²) in [5, 5.41) is 3.69. The van der Waals surface area contributed by atoms with Crippen LogP contribution in [-0.4, -0.2) is 14.4 Å². The summed E-state index contributed by atoms with van der Waals surface area (Å²) in [6, 6.07) is 20.5. The Morgan fingerprint density at radius 2 is 1.52 bits per heavy atom. The van der Waals surface area contributed by atoms with E-state index in [-0.39, 0.29) is 0 Å². The van der Waals surface area contributed by atoms with Crippen molar-refractivity contribution in [3.63, 3.8) is 0 Å². The van der Waals surface area contributed by atoms with E-state index in [0.717, 1.165) is 24.0 Å². The summed E-state index contributed by atoms with van der Waals surface area (Å²) < 4.78 is 2.16. The van der Waals surface area contributed by atoms with E-state index in [0.29, 0.717) is 0 Å². The zero-order valence-electron chi connectivity index (χ0n) is 16.8. The van der Waals surface area contributed by atoms with Gasteiger partial charge < -0.3 is 0 Å². The molecule has 0 saturated carbocycles. The minimum absolute atomic E-state index is 0.983. The Morgan fingerprint density at radius 3 is 2.45 bits per heavy atom. The van der Waals surface area contributed by atoms with E-state index >= 15 is 0 Å². The van der Waals surface area contributed by atoms with Crippen molar-refractivity contribution >= 4 is 27.3 Å². The fourth-order valence-electron chi connectivity index (χ4n) is 5.86. The van der Waals surface area contributed by atoms with Crippen LogP contribution in [0.1, 0.15) is 22.3 Å². The standard InChI is InChI=1S/C28H17N3/c1-2-4-20-16(3-1)11-17-5-6-18-12-19-13-24-23(14-22(19)27(18)26(17)20)21-7-8-29-15-25(21)31-10-9-30-28(24)31/h1-10,13-15H,11-12H2. The zero-order valence-corrected chi connectivity index (χ0v) is 16.8. The third-order valence-electron chi connectivity index (χ3n) is 7.17. The second-order valence-corrected chi connectivity index (χ2v) is 8.71. The Morgan fingerprint density at radius 1 is 0.677 bits per heavy atom. The number of fused-ring (bicyclic) bond motifs is 13. The molecule has 31 heavy (non-hydrogen) atoms. The van der Waals surface area contributed by atoms with Crippen LogP contribution in [0.4, 0.5) is 0 Å². The predicted octanol–water partition coefficient (Wildman–Crippen LogP) is 6.18. The third-order valence-corrected chi connectivity index (χ3v) is 7.17. The first-order valence-electron chi connectivity index (χ1n) is 10.8. The van der Waals surface area contributed by atoms with Crippen LogP contribution < -0.4 is 0 Å². The molecule has 3 aromatic heterocycles. The van der Waals surface area contributed by atoms with Crippen molar-refractivity contribution in [1.29, 1.82) is 0 Å². The number of nitrogens with zero attached hydrogens (tertiary/aromatic N) is 3. The van der Waals surface area contributed by atoms with Gasteiger partial charge in [0.2, 0.25) is 0 Å². The van der Waals surface area contributed by atoms with E-state index in [1.807, 2.05) is 24.8 Å². The summed E-state index contributed by atoms with van der Waals surface area (Å²) in [6.07, 6.45) is 9.76. The first kappa shape index (κ1) is 15.8. The average Bonchev–Trinajstić information content (AvgIpc) is 3.52. The molecule has 3 nitrogen and oxygen atoms in total. The van der Waals surface area contributed by atoms with Crippen LogP contribution in [0.25, 0.3) is 49.6 Å². The molecule has 2 aliphatic carbocycles. The smallest absolute Gasteiger partial charge is 0.145 e. The van der Waals surface area contributed by atoms with Crippen LogP contribution in [0.15, 0.2) is 79.4 Å². The van der Waals surface area contributed by atoms with Crippen LogP contribution >= 0.6 is 0 Å². The lowest BCUT2D eigenvalue weighted by molar-refractivity contribution is 1.23. The highest BCUT2D eigenvalue weighted by Crippen LogP contribution is 2.50. The van der Waals surface area contributed by atoms with Gasteiger partial charge in [0.25, 0.3) is 0 Å². The van der Waals surface area contributed by atoms with Gasteiger partial charge in [-0.3, -0.25) is 9.38 Å². The van der Waals surface area contributed by atoms with Gasteiger partial charge in [0.05, 0.1) is 11.7 Å². The molecule has 2 aliphatic rings. The van der Waals surface area contributed by atoms with Crippen LogP contribution in [0.3, 0.4) is 0 Å². The molecule has 0 aliphatic heterocycles. The Kier molecular flexibility index (Phi) is 2.74. The molecule has 144 valence electrons. The number of imidazole rings is 1. The molecule has 0 saturated heterocycles. The number of hydrogen-bond donors (Lipinski definition) is 0. The maximum absolute atomic E-state index is 4.69. The van der Waals surface area contributed by atoms with Gasteiger partial charge in [-0.2, -0.15) is 0 Å². The molecule has 0 fully saturated rings. The van der Waals surface area contributed by atoms with Crippen molar-refractivity contribution in [2.24, 2.45) is 0 Å². The molecule has 0 atom stereocenters. The lowest BCUT2D eigenvalue weighted by Crippen LogP contribution is -1.93. The molecule has 0 amide bonds. The summed E-state index contributed by atoms with van der Waals surface area (Å²) in [5.41, 5.74) is 13.5. The van der Waals surface area contributed by atoms with E-state index in [9.17, 15) is 0 Å². The van der Waals surface area contributed by atoms with Crippen molar-refractivity contribution in [1.82, 2.24) is 14.4 Å². The highest BCUT2D eigenvalue weighted by molar-refractivity contribution is 6.14. The SMILES string of the molecule is c1ccc2c(c1)Cc1ccc3c(c1-2)-c1cc2c4ccncc4n4ccnc4c2cc1C3. The van der Waals surface area contributed by atoms with Gasteiger partial charge in [0.1, 0.15) is 5.65 Å². The molecule has 0 spiro atoms. The molecule has 3 heteroatoms. The zero-order chi connectivity index (χ0) is 20.1. The van der Waals surface area contributed by atoms with Crippen molar-refractivity contribution in [2.75, 3.05) is 0 Å². The summed E-state index contributed by atoms with van der Waals surface area (Å²) in [6.45, 7) is 0. The number of rotatable bonds is 0. The van der Waals surface area contributed by atoms with E-state index in [1.54, 1.807) is 0 Å². The monoisotopic (exact) mass is 395 g/mol. The second kappa shape index (κ2) is 5.38. The van der Waals surface area contributed by atoms with Gasteiger partial charge in [0, 0.05) is 29.4 Å². The molecular formula is C28H17N3. The van der Waals surface area contributed by atoms with Gasteiger partial charge in [0.15, 0.2) is 0 Å². The topological polar surface area (TPSA) is 30.2 Å². The molecule has 3 heterocycles. The first-order valence-corrected chi connectivity index (χ1v) is 10.8. The Balaban J connectivity index is 1.52. The normalized spacial score (nSPS) is 13.5. The number of aromatic nitrogens is 3. The van der Waals surface area contributed by atoms with Gasteiger partial charge in [-0.1, -0.05) is 36.4 Å². The van der Waals surface area contributed by atoms with E-state index in [1.165, 1.54) is 60.7 Å². The molecular weight excluding hydrogens is 378 g/mol. The van der Waals surface area contributed by atoms with E-state index in [4.69, 9.17) is 4.98 Å². The minimum Gasteiger partial charge on any atom is -0.298 e. The maximum Gasteiger partial charge on any atom is 0.145 e. The Bertz CT molecular complexity index is 1740. The molecule has 6 aromatic rings. The Labute approximate surface area is 178 Å². The lowest BCUT2D eigenvalue weighted by Gasteiger charge is -2.13. The molecule has 0 unspecified atom stereocenters. The molecule has 0 N–H and O–H groups in total. The van der Waals surface area contributed by atoms with E-state index in [2.05, 4.69) is 64.0 Å². The summed E-state index contributed by atoms with van der Waals surface area (Å²) in [4.78, 5) is 9.08. The summed E-state index contributed by atoms with van der Waals surface area (Å²) >= 11 is 0. The van der Waals surface area contributed by atoms with Gasteiger partial charge in [-0.25, -0.2) is 4.98 Å². The quantitative estimate of drug-likeness (QED) is 0.287. The largest absolute Gasteiger partial charge is 0.298 e. The van der Waals surface area contributed by atoms with Gasteiger partial charge >= 0.3 is 0 Å². The van der Waals surface area contributed by atoms with Crippen molar-refractivity contribution in [3.05, 3.63) is 102 Å². The van der Waals surface area contributed by atoms with E-state index < -0.39 is 0 Å². The minimum atomic E-state index is 0.983. The number of hydrogen-bond acceptors (Lipinski definition) is 2. The summed E-state index contributed by atoms with van der Waals surface area (Å²) in [5.74, 6) is 0. The summed E-state index contributed by atoms with van der Waals surface area (Å²) in [7, 11) is 0. The molecule has 3 aromatic carbocycles. The fraction of sp³-hybridized carbons (Fsp3) is 0.0714. The first-order chi connectivity index (χ1) is 15.4. The fourth-order valence-corrected chi connectivity index (χ4v) is 5.86. The van der Waals surface area contributed by atoms with Crippen molar-refractivity contribution in [3.8, 4) is 22.3 Å². The van der Waals surface area contributed by atoms with Gasteiger partial charge in [-0.15, -0.1) is 0 Å². The highest BCUT2D eigenvalue weighted by atomic mass is 15.0.